The Labute approximate surface area is 148 Å². The number of ether oxygens (including phenoxy) is 4. The van der Waals surface area contributed by atoms with Gasteiger partial charge < -0.3 is 18.9 Å². The standard InChI is InChI=1S/C18H17BrO5/c1-21-18(20)14-7-17-16(8-15(14)19)23-11-13(24-17)10-22-9-12-5-3-2-4-6-12/h2-8,13H,9-11H2,1H3/t13-/m0/s1. The van der Waals surface area contributed by atoms with Crippen LogP contribution in [0.5, 0.6) is 11.5 Å². The largest absolute Gasteiger partial charge is 0.486 e. The van der Waals surface area contributed by atoms with Crippen LogP contribution in [0.4, 0.5) is 0 Å². The molecule has 0 saturated carbocycles. The predicted octanol–water partition coefficient (Wildman–Crippen LogP) is 3.59. The molecule has 0 radical (unpaired) electrons. The van der Waals surface area contributed by atoms with Crippen molar-refractivity contribution in [3.8, 4) is 11.5 Å². The van der Waals surface area contributed by atoms with Crippen LogP contribution < -0.4 is 9.47 Å². The fourth-order valence-electron chi connectivity index (χ4n) is 2.37. The van der Waals surface area contributed by atoms with Gasteiger partial charge in [-0.3, -0.25) is 0 Å². The summed E-state index contributed by atoms with van der Waals surface area (Å²) in [5, 5.41) is 0. The first kappa shape index (κ1) is 16.8. The Bertz CT molecular complexity index is 717. The smallest absolute Gasteiger partial charge is 0.339 e. The first-order chi connectivity index (χ1) is 11.7. The third-order valence-electron chi connectivity index (χ3n) is 3.57. The lowest BCUT2D eigenvalue weighted by Gasteiger charge is -2.27. The summed E-state index contributed by atoms with van der Waals surface area (Å²) in [4.78, 5) is 11.8. The van der Waals surface area contributed by atoms with Crippen LogP contribution in [-0.4, -0.2) is 32.4 Å². The van der Waals surface area contributed by atoms with Gasteiger partial charge in [0.2, 0.25) is 0 Å². The van der Waals surface area contributed by atoms with Crippen molar-refractivity contribution in [1.82, 2.24) is 0 Å². The van der Waals surface area contributed by atoms with Gasteiger partial charge in [-0.05, 0) is 33.6 Å². The number of benzene rings is 2. The highest BCUT2D eigenvalue weighted by atomic mass is 79.9. The van der Waals surface area contributed by atoms with Gasteiger partial charge in [0, 0.05) is 4.47 Å². The lowest BCUT2D eigenvalue weighted by Crippen LogP contribution is -2.33. The van der Waals surface area contributed by atoms with Gasteiger partial charge >= 0.3 is 5.97 Å². The molecule has 0 unspecified atom stereocenters. The molecule has 24 heavy (non-hydrogen) atoms. The summed E-state index contributed by atoms with van der Waals surface area (Å²) in [7, 11) is 1.34. The minimum Gasteiger partial charge on any atom is -0.486 e. The average molecular weight is 393 g/mol. The van der Waals surface area contributed by atoms with Crippen LogP contribution in [-0.2, 0) is 16.1 Å². The maximum atomic E-state index is 11.8. The average Bonchev–Trinajstić information content (AvgIpc) is 2.61. The molecule has 0 aromatic heterocycles. The number of hydrogen-bond donors (Lipinski definition) is 0. The molecule has 0 bridgehead atoms. The number of fused-ring (bicyclic) bond motifs is 1. The maximum Gasteiger partial charge on any atom is 0.339 e. The monoisotopic (exact) mass is 392 g/mol. The molecule has 0 amide bonds. The van der Waals surface area contributed by atoms with E-state index in [1.807, 2.05) is 30.3 Å². The number of halogens is 1. The molecule has 1 aliphatic rings. The van der Waals surface area contributed by atoms with E-state index in [1.165, 1.54) is 7.11 Å². The maximum absolute atomic E-state index is 11.8. The summed E-state index contributed by atoms with van der Waals surface area (Å²) in [5.41, 5.74) is 1.50. The van der Waals surface area contributed by atoms with Crippen LogP contribution in [0.15, 0.2) is 46.9 Å². The summed E-state index contributed by atoms with van der Waals surface area (Å²) in [5.74, 6) is 0.669. The van der Waals surface area contributed by atoms with Crippen molar-refractivity contribution in [2.45, 2.75) is 12.7 Å². The van der Waals surface area contributed by atoms with Crippen LogP contribution in [0.2, 0.25) is 0 Å². The third-order valence-corrected chi connectivity index (χ3v) is 4.23. The van der Waals surface area contributed by atoms with Crippen LogP contribution in [0.3, 0.4) is 0 Å². The Kier molecular flexibility index (Phi) is 5.37. The Morgan fingerprint density at radius 1 is 1.25 bits per heavy atom. The molecule has 5 nitrogen and oxygen atoms in total. The van der Waals surface area contributed by atoms with Gasteiger partial charge in [-0.15, -0.1) is 0 Å². The van der Waals surface area contributed by atoms with Crippen molar-refractivity contribution in [1.29, 1.82) is 0 Å². The highest BCUT2D eigenvalue weighted by Gasteiger charge is 2.24. The van der Waals surface area contributed by atoms with Crippen molar-refractivity contribution in [2.75, 3.05) is 20.3 Å². The zero-order valence-electron chi connectivity index (χ0n) is 13.2. The quantitative estimate of drug-likeness (QED) is 0.727. The second kappa shape index (κ2) is 7.68. The van der Waals surface area contributed by atoms with Gasteiger partial charge in [0.15, 0.2) is 17.6 Å². The summed E-state index contributed by atoms with van der Waals surface area (Å²) in [6.07, 6.45) is -0.229. The van der Waals surface area contributed by atoms with Crippen molar-refractivity contribution >= 4 is 21.9 Å². The Morgan fingerprint density at radius 3 is 2.79 bits per heavy atom. The Balaban J connectivity index is 1.62. The fourth-order valence-corrected chi connectivity index (χ4v) is 2.85. The topological polar surface area (TPSA) is 54.0 Å². The van der Waals surface area contributed by atoms with Gasteiger partial charge in [-0.1, -0.05) is 30.3 Å². The van der Waals surface area contributed by atoms with Crippen molar-refractivity contribution in [3.63, 3.8) is 0 Å². The van der Waals surface area contributed by atoms with Crippen molar-refractivity contribution < 1.29 is 23.7 Å². The number of methoxy groups -OCH3 is 1. The van der Waals surface area contributed by atoms with Gasteiger partial charge in [0.05, 0.1) is 25.9 Å². The van der Waals surface area contributed by atoms with Gasteiger partial charge in [-0.25, -0.2) is 4.79 Å². The van der Waals surface area contributed by atoms with E-state index in [9.17, 15) is 4.79 Å². The SMILES string of the molecule is COC(=O)c1cc2c(cc1Br)OC[C@H](COCc1ccccc1)O2. The minimum atomic E-state index is -0.435. The number of carbonyl (C=O) groups is 1. The lowest BCUT2D eigenvalue weighted by molar-refractivity contribution is 0.00257. The molecule has 0 spiro atoms. The van der Waals surface area contributed by atoms with E-state index < -0.39 is 5.97 Å². The van der Waals surface area contributed by atoms with Gasteiger partial charge in [-0.2, -0.15) is 0 Å². The highest BCUT2D eigenvalue weighted by molar-refractivity contribution is 9.10. The highest BCUT2D eigenvalue weighted by Crippen LogP contribution is 2.37. The van der Waals surface area contributed by atoms with Crippen LogP contribution in [0.25, 0.3) is 0 Å². The van der Waals surface area contributed by atoms with Crippen LogP contribution >= 0.6 is 15.9 Å². The Morgan fingerprint density at radius 2 is 2.04 bits per heavy atom. The third kappa shape index (κ3) is 3.88. The molecular formula is C18H17BrO5. The molecule has 0 fully saturated rings. The van der Waals surface area contributed by atoms with Gasteiger partial charge in [0.1, 0.15) is 6.61 Å². The molecule has 0 N–H and O–H groups in total. The first-order valence-corrected chi connectivity index (χ1v) is 8.29. The van der Waals surface area contributed by atoms with E-state index in [0.29, 0.717) is 41.4 Å². The van der Waals surface area contributed by atoms with Crippen molar-refractivity contribution in [2.24, 2.45) is 0 Å². The molecule has 3 rings (SSSR count). The number of esters is 1. The van der Waals surface area contributed by atoms with Crippen molar-refractivity contribution in [3.05, 3.63) is 58.1 Å². The molecular weight excluding hydrogens is 376 g/mol. The fraction of sp³-hybridized carbons (Fsp3) is 0.278. The van der Waals surface area contributed by atoms with E-state index in [2.05, 4.69) is 15.9 Å². The van der Waals surface area contributed by atoms with Gasteiger partial charge in [0.25, 0.3) is 0 Å². The zero-order chi connectivity index (χ0) is 16.9. The van der Waals surface area contributed by atoms with Crippen LogP contribution in [0.1, 0.15) is 15.9 Å². The molecule has 6 heteroatoms. The minimum absolute atomic E-state index is 0.229. The summed E-state index contributed by atoms with van der Waals surface area (Å²) >= 11 is 3.34. The van der Waals surface area contributed by atoms with E-state index in [-0.39, 0.29) is 6.10 Å². The van der Waals surface area contributed by atoms with Crippen LogP contribution in [0, 0.1) is 0 Å². The number of rotatable bonds is 5. The number of carbonyl (C=O) groups excluding carboxylic acids is 1. The molecule has 1 heterocycles. The predicted molar refractivity (Wildman–Crippen MR) is 91.5 cm³/mol. The molecule has 126 valence electrons. The molecule has 2 aromatic rings. The molecule has 0 aliphatic carbocycles. The first-order valence-electron chi connectivity index (χ1n) is 7.50. The summed E-state index contributed by atoms with van der Waals surface area (Å²) in [6, 6.07) is 13.3. The molecule has 1 aliphatic heterocycles. The Hall–Kier alpha value is -2.05. The zero-order valence-corrected chi connectivity index (χ0v) is 14.7. The molecule has 1 atom stereocenters. The molecule has 0 saturated heterocycles. The van der Waals surface area contributed by atoms with E-state index >= 15 is 0 Å². The van der Waals surface area contributed by atoms with E-state index in [0.717, 1.165) is 5.56 Å². The number of hydrogen-bond acceptors (Lipinski definition) is 5. The van der Waals surface area contributed by atoms with E-state index in [4.69, 9.17) is 18.9 Å². The second-order valence-electron chi connectivity index (χ2n) is 5.32. The van der Waals surface area contributed by atoms with E-state index in [1.54, 1.807) is 12.1 Å². The summed E-state index contributed by atoms with van der Waals surface area (Å²) < 4.78 is 22.6. The lowest BCUT2D eigenvalue weighted by atomic mass is 10.2. The second-order valence-corrected chi connectivity index (χ2v) is 6.18. The summed E-state index contributed by atoms with van der Waals surface area (Å²) in [6.45, 7) is 1.31. The molecule has 2 aromatic carbocycles. The normalized spacial score (nSPS) is 15.8.